The topological polar surface area (TPSA) is 157 Å². The number of carbonyl (C=O) groups excluding carboxylic acids is 2. The normalized spacial score (nSPS) is 20.2. The summed E-state index contributed by atoms with van der Waals surface area (Å²) in [6.45, 7) is 3.57. The second kappa shape index (κ2) is 11.6. The molecular weight excluding hydrogens is 491 g/mol. The molecule has 2 aromatic heterocycles. The lowest BCUT2D eigenvalue weighted by Crippen LogP contribution is -2.22. The van der Waals surface area contributed by atoms with Gasteiger partial charge in [0.1, 0.15) is 35.4 Å². The van der Waals surface area contributed by atoms with Crippen LogP contribution in [0.25, 0.3) is 5.52 Å². The first kappa shape index (κ1) is 25.8. The predicted octanol–water partition coefficient (Wildman–Crippen LogP) is 2.95. The number of carbonyl (C=O) groups is 2. The van der Waals surface area contributed by atoms with Crippen LogP contribution in [0.1, 0.15) is 48.8 Å². The molecule has 0 bridgehead atoms. The number of fused-ring (bicyclic) bond motifs is 1. The molecule has 4 atom stereocenters. The molecule has 12 nitrogen and oxygen atoms in total. The van der Waals surface area contributed by atoms with Crippen molar-refractivity contribution in [2.24, 2.45) is 0 Å². The van der Waals surface area contributed by atoms with E-state index in [-0.39, 0.29) is 36.9 Å². The van der Waals surface area contributed by atoms with Crippen molar-refractivity contribution in [1.29, 1.82) is 0 Å². The van der Waals surface area contributed by atoms with Gasteiger partial charge in [-0.25, -0.2) is 14.3 Å². The Kier molecular flexibility index (Phi) is 8.32. The van der Waals surface area contributed by atoms with Crippen LogP contribution in [0.15, 0.2) is 42.7 Å². The van der Waals surface area contributed by atoms with Gasteiger partial charge in [0.05, 0.1) is 25.0 Å². The number of ether oxygens (including phenoxy) is 3. The van der Waals surface area contributed by atoms with Crippen LogP contribution in [0.2, 0.25) is 0 Å². The summed E-state index contributed by atoms with van der Waals surface area (Å²) in [6, 6.07) is 9.94. The average Bonchev–Trinajstić information content (AvgIpc) is 3.47. The molecule has 36 heavy (non-hydrogen) atoms. The van der Waals surface area contributed by atoms with Gasteiger partial charge in [-0.05, 0) is 31.2 Å². The van der Waals surface area contributed by atoms with Gasteiger partial charge in [-0.1, -0.05) is 19.1 Å². The van der Waals surface area contributed by atoms with Gasteiger partial charge in [0, 0.05) is 12.8 Å². The maximum atomic E-state index is 12.1. The van der Waals surface area contributed by atoms with Crippen molar-refractivity contribution in [2.45, 2.75) is 45.0 Å². The Balaban J connectivity index is 1.44. The summed E-state index contributed by atoms with van der Waals surface area (Å²) in [4.78, 5) is 38.5. The second-order valence-corrected chi connectivity index (χ2v) is 8.75. The standard InChI is InChI=1S/C23H27N4O8P/c1-3-20(28)34-19-11-14(33-21(19)16-9-10-17-22(24)25-13-26-27(16)17)12-32-36(30)35-18-8-6-5-7-15(18)23(29)31-4-2/h5-10,13-14,19,21,30H,3-4,11-12H2,1-2H3,(H2,24,25,26). The summed E-state index contributed by atoms with van der Waals surface area (Å²) in [5.74, 6) is -0.486. The van der Waals surface area contributed by atoms with Crippen molar-refractivity contribution in [2.75, 3.05) is 18.9 Å². The fourth-order valence-corrected chi connectivity index (χ4v) is 4.51. The molecule has 3 N–H and O–H groups in total. The molecule has 0 aliphatic carbocycles. The summed E-state index contributed by atoms with van der Waals surface area (Å²) in [6.07, 6.45) is 0.114. The fraction of sp³-hybridized carbons (Fsp3) is 0.391. The van der Waals surface area contributed by atoms with Crippen LogP contribution in [0, 0.1) is 0 Å². The maximum Gasteiger partial charge on any atom is 0.394 e. The Morgan fingerprint density at radius 3 is 2.83 bits per heavy atom. The first-order valence-corrected chi connectivity index (χ1v) is 12.5. The molecule has 3 heterocycles. The largest absolute Gasteiger partial charge is 0.462 e. The van der Waals surface area contributed by atoms with Crippen molar-refractivity contribution in [3.63, 3.8) is 0 Å². The highest BCUT2D eigenvalue weighted by molar-refractivity contribution is 7.41. The molecule has 0 radical (unpaired) electrons. The van der Waals surface area contributed by atoms with Crippen LogP contribution < -0.4 is 10.3 Å². The summed E-state index contributed by atoms with van der Waals surface area (Å²) >= 11 is 0. The number of nitrogens with zero attached hydrogens (tertiary/aromatic N) is 3. The highest BCUT2D eigenvalue weighted by atomic mass is 31.2. The summed E-state index contributed by atoms with van der Waals surface area (Å²) in [7, 11) is -2.39. The number of nitrogen functional groups attached to an aromatic ring is 1. The van der Waals surface area contributed by atoms with Crippen molar-refractivity contribution in [1.82, 2.24) is 14.6 Å². The third-order valence-electron chi connectivity index (χ3n) is 5.48. The number of anilines is 1. The Morgan fingerprint density at radius 2 is 2.06 bits per heavy atom. The zero-order chi connectivity index (χ0) is 25.7. The minimum atomic E-state index is -2.39. The smallest absolute Gasteiger partial charge is 0.394 e. The van der Waals surface area contributed by atoms with Crippen molar-refractivity contribution < 1.29 is 37.7 Å². The van der Waals surface area contributed by atoms with E-state index in [1.165, 1.54) is 18.5 Å². The van der Waals surface area contributed by atoms with Crippen molar-refractivity contribution in [3.05, 3.63) is 54.0 Å². The first-order valence-electron chi connectivity index (χ1n) is 11.4. The van der Waals surface area contributed by atoms with E-state index in [9.17, 15) is 14.5 Å². The molecule has 0 spiro atoms. The van der Waals surface area contributed by atoms with Gasteiger partial charge in [-0.2, -0.15) is 5.10 Å². The van der Waals surface area contributed by atoms with E-state index in [1.54, 1.807) is 42.6 Å². The first-order chi connectivity index (χ1) is 17.4. The van der Waals surface area contributed by atoms with Crippen LogP contribution in [0.5, 0.6) is 5.75 Å². The lowest BCUT2D eigenvalue weighted by Gasteiger charge is -2.19. The van der Waals surface area contributed by atoms with E-state index in [2.05, 4.69) is 10.1 Å². The van der Waals surface area contributed by atoms with Crippen LogP contribution >= 0.6 is 8.60 Å². The summed E-state index contributed by atoms with van der Waals surface area (Å²) in [5, 5.41) is 4.24. The molecule has 1 fully saturated rings. The number of benzene rings is 1. The van der Waals surface area contributed by atoms with Crippen LogP contribution in [0.4, 0.5) is 5.82 Å². The number of rotatable bonds is 10. The Morgan fingerprint density at radius 1 is 1.25 bits per heavy atom. The van der Waals surface area contributed by atoms with Gasteiger partial charge < -0.3 is 29.4 Å². The van der Waals surface area contributed by atoms with Crippen LogP contribution in [-0.2, 0) is 23.5 Å². The van der Waals surface area contributed by atoms with Gasteiger partial charge in [0.2, 0.25) is 0 Å². The molecule has 4 rings (SSSR count). The summed E-state index contributed by atoms with van der Waals surface area (Å²) in [5.41, 5.74) is 7.35. The third kappa shape index (κ3) is 5.73. The zero-order valence-corrected chi connectivity index (χ0v) is 20.7. The van der Waals surface area contributed by atoms with E-state index >= 15 is 0 Å². The van der Waals surface area contributed by atoms with E-state index in [0.29, 0.717) is 23.4 Å². The van der Waals surface area contributed by atoms with E-state index in [1.807, 2.05) is 0 Å². The number of hydrogen-bond acceptors (Lipinski definition) is 11. The van der Waals surface area contributed by atoms with Crippen LogP contribution in [-0.4, -0.2) is 56.9 Å². The molecule has 1 aliphatic heterocycles. The molecule has 1 aliphatic rings. The minimum absolute atomic E-state index is 0.0408. The number of aromatic nitrogens is 3. The van der Waals surface area contributed by atoms with Gasteiger partial charge >= 0.3 is 20.5 Å². The predicted molar refractivity (Wildman–Crippen MR) is 128 cm³/mol. The van der Waals surface area contributed by atoms with E-state index < -0.39 is 32.9 Å². The van der Waals surface area contributed by atoms with Crippen molar-refractivity contribution >= 4 is 31.9 Å². The zero-order valence-electron chi connectivity index (χ0n) is 19.8. The van der Waals surface area contributed by atoms with Gasteiger partial charge in [0.15, 0.2) is 5.82 Å². The number of hydrogen-bond donors (Lipinski definition) is 2. The van der Waals surface area contributed by atoms with Crippen molar-refractivity contribution in [3.8, 4) is 5.75 Å². The highest BCUT2D eigenvalue weighted by Crippen LogP contribution is 2.40. The Bertz CT molecular complexity index is 1220. The monoisotopic (exact) mass is 518 g/mol. The van der Waals surface area contributed by atoms with E-state index in [0.717, 1.165) is 0 Å². The van der Waals surface area contributed by atoms with Gasteiger partial charge in [-0.15, -0.1) is 0 Å². The lowest BCUT2D eigenvalue weighted by atomic mass is 10.1. The molecular formula is C23H27N4O8P. The molecule has 13 heteroatoms. The number of nitrogens with two attached hydrogens (primary N) is 1. The van der Waals surface area contributed by atoms with Crippen LogP contribution in [0.3, 0.4) is 0 Å². The lowest BCUT2D eigenvalue weighted by molar-refractivity contribution is -0.151. The fourth-order valence-electron chi connectivity index (χ4n) is 3.83. The quantitative estimate of drug-likeness (QED) is 0.300. The average molecular weight is 518 g/mol. The number of esters is 2. The maximum absolute atomic E-state index is 12.1. The second-order valence-electron chi connectivity index (χ2n) is 7.84. The SMILES string of the molecule is CCOC(=O)c1ccccc1OP(O)OCC1CC(OC(=O)CC)C(c2ccc3c(N)ncnn23)O1. The number of para-hydroxylation sites is 1. The van der Waals surface area contributed by atoms with Gasteiger partial charge in [-0.3, -0.25) is 9.32 Å². The minimum Gasteiger partial charge on any atom is -0.462 e. The highest BCUT2D eigenvalue weighted by Gasteiger charge is 2.41. The Labute approximate surface area is 208 Å². The molecule has 1 saturated heterocycles. The Hall–Kier alpha value is -3.31. The molecule has 4 unspecified atom stereocenters. The molecule has 1 aromatic carbocycles. The van der Waals surface area contributed by atoms with E-state index in [4.69, 9.17) is 29.0 Å². The molecule has 3 aromatic rings. The molecule has 0 amide bonds. The van der Waals surface area contributed by atoms with Gasteiger partial charge in [0.25, 0.3) is 0 Å². The summed E-state index contributed by atoms with van der Waals surface area (Å²) < 4.78 is 29.4. The third-order valence-corrected chi connectivity index (χ3v) is 6.20. The molecule has 0 saturated carbocycles. The molecule has 192 valence electrons.